The van der Waals surface area contributed by atoms with E-state index in [0.717, 1.165) is 47.1 Å². The van der Waals surface area contributed by atoms with E-state index in [0.29, 0.717) is 5.82 Å². The molecule has 5 nitrogen and oxygen atoms in total. The number of carbonyl (C=O) groups excluding carboxylic acids is 1. The van der Waals surface area contributed by atoms with Crippen molar-refractivity contribution < 1.29 is 4.79 Å². The van der Waals surface area contributed by atoms with E-state index in [1.807, 2.05) is 23.8 Å². The van der Waals surface area contributed by atoms with Crippen LogP contribution in [0, 0.1) is 5.92 Å². The Morgan fingerprint density at radius 3 is 3.00 bits per heavy atom. The molecule has 122 valence electrons. The number of benzene rings is 1. The zero-order valence-electron chi connectivity index (χ0n) is 13.2. The van der Waals surface area contributed by atoms with Gasteiger partial charge in [-0.15, -0.1) is 11.3 Å². The second kappa shape index (κ2) is 6.67. The lowest BCUT2D eigenvalue weighted by atomic mass is 9.99. The van der Waals surface area contributed by atoms with E-state index in [1.165, 1.54) is 0 Å². The zero-order valence-corrected chi connectivity index (χ0v) is 14.0. The van der Waals surface area contributed by atoms with Gasteiger partial charge in [0.25, 0.3) is 0 Å². The van der Waals surface area contributed by atoms with Gasteiger partial charge in [0.05, 0.1) is 16.3 Å². The third kappa shape index (κ3) is 3.16. The molecule has 1 aliphatic heterocycles. The Balaban J connectivity index is 1.58. The Morgan fingerprint density at radius 1 is 1.25 bits per heavy atom. The van der Waals surface area contributed by atoms with Gasteiger partial charge < -0.3 is 10.6 Å². The maximum absolute atomic E-state index is 12.4. The molecule has 24 heavy (non-hydrogen) atoms. The number of amides is 1. The van der Waals surface area contributed by atoms with Crippen molar-refractivity contribution in [2.24, 2.45) is 5.92 Å². The Morgan fingerprint density at radius 2 is 2.21 bits per heavy atom. The monoisotopic (exact) mass is 338 g/mol. The largest absolute Gasteiger partial charge is 0.316 e. The van der Waals surface area contributed by atoms with E-state index in [9.17, 15) is 4.79 Å². The SMILES string of the molecule is O=C(Nc1cc2cc(-c3cncs3)ccc2cn1)[C@H]1CCCNC1. The molecule has 0 unspecified atom stereocenters. The highest BCUT2D eigenvalue weighted by Gasteiger charge is 2.21. The summed E-state index contributed by atoms with van der Waals surface area (Å²) in [6.45, 7) is 1.74. The van der Waals surface area contributed by atoms with Crippen LogP contribution in [-0.4, -0.2) is 29.0 Å². The minimum Gasteiger partial charge on any atom is -0.316 e. The van der Waals surface area contributed by atoms with E-state index in [1.54, 1.807) is 17.5 Å². The predicted octanol–water partition coefficient (Wildman–Crippen LogP) is 3.30. The number of carbonyl (C=O) groups is 1. The maximum Gasteiger partial charge on any atom is 0.229 e. The molecule has 2 aromatic heterocycles. The average Bonchev–Trinajstić information content (AvgIpc) is 3.16. The van der Waals surface area contributed by atoms with Gasteiger partial charge in [-0.25, -0.2) is 4.98 Å². The maximum atomic E-state index is 12.4. The second-order valence-electron chi connectivity index (χ2n) is 6.03. The molecular weight excluding hydrogens is 320 g/mol. The van der Waals surface area contributed by atoms with Gasteiger partial charge >= 0.3 is 0 Å². The van der Waals surface area contributed by atoms with Crippen molar-refractivity contribution in [3.05, 3.63) is 42.2 Å². The van der Waals surface area contributed by atoms with Crippen LogP contribution < -0.4 is 10.6 Å². The quantitative estimate of drug-likeness (QED) is 0.769. The molecule has 0 spiro atoms. The molecule has 0 aliphatic carbocycles. The number of nitrogens with one attached hydrogen (secondary N) is 2. The minimum atomic E-state index is 0.0276. The topological polar surface area (TPSA) is 66.9 Å². The zero-order chi connectivity index (χ0) is 16.4. The van der Waals surface area contributed by atoms with Gasteiger partial charge in [-0.3, -0.25) is 9.78 Å². The molecule has 0 bridgehead atoms. The molecule has 1 amide bonds. The molecule has 3 heterocycles. The number of piperidine rings is 1. The summed E-state index contributed by atoms with van der Waals surface area (Å²) in [6.07, 6.45) is 5.65. The van der Waals surface area contributed by atoms with Crippen molar-refractivity contribution in [1.29, 1.82) is 0 Å². The van der Waals surface area contributed by atoms with Crippen molar-refractivity contribution in [3.63, 3.8) is 0 Å². The van der Waals surface area contributed by atoms with E-state index in [4.69, 9.17) is 0 Å². The summed E-state index contributed by atoms with van der Waals surface area (Å²) in [5.74, 6) is 0.687. The molecule has 1 aromatic carbocycles. The minimum absolute atomic E-state index is 0.0276. The molecule has 4 rings (SSSR count). The number of aromatic nitrogens is 2. The Kier molecular flexibility index (Phi) is 4.23. The fourth-order valence-corrected chi connectivity index (χ4v) is 3.64. The Labute approximate surface area is 144 Å². The summed E-state index contributed by atoms with van der Waals surface area (Å²) in [6, 6.07) is 8.17. The predicted molar refractivity (Wildman–Crippen MR) is 97.1 cm³/mol. The normalized spacial score (nSPS) is 17.8. The third-order valence-corrected chi connectivity index (χ3v) is 5.18. The van der Waals surface area contributed by atoms with Gasteiger partial charge in [-0.1, -0.05) is 12.1 Å². The van der Waals surface area contributed by atoms with Gasteiger partial charge in [-0.05, 0) is 42.5 Å². The first kappa shape index (κ1) is 15.2. The molecule has 0 radical (unpaired) electrons. The van der Waals surface area contributed by atoms with Crippen LogP contribution in [0.25, 0.3) is 21.2 Å². The van der Waals surface area contributed by atoms with Crippen LogP contribution >= 0.6 is 11.3 Å². The smallest absolute Gasteiger partial charge is 0.229 e. The number of pyridine rings is 1. The van der Waals surface area contributed by atoms with Gasteiger partial charge in [0.2, 0.25) is 5.91 Å². The fourth-order valence-electron chi connectivity index (χ4n) is 3.02. The number of hydrogen-bond acceptors (Lipinski definition) is 5. The van der Waals surface area contributed by atoms with Crippen LogP contribution in [0.15, 0.2) is 42.2 Å². The standard InChI is InChI=1S/C18H18N4OS/c23-18(14-2-1-5-19-8-14)22-17-7-15-6-12(16-10-20-11-24-16)3-4-13(15)9-21-17/h3-4,6-7,9-11,14,19H,1-2,5,8H2,(H,21,22,23)/t14-/m0/s1. The molecule has 6 heteroatoms. The van der Waals surface area contributed by atoms with E-state index in [2.05, 4.69) is 32.7 Å². The van der Waals surface area contributed by atoms with Crippen LogP contribution in [0.4, 0.5) is 5.82 Å². The first-order chi connectivity index (χ1) is 11.8. The van der Waals surface area contributed by atoms with Gasteiger partial charge in [0.15, 0.2) is 0 Å². The van der Waals surface area contributed by atoms with Crippen LogP contribution in [0.3, 0.4) is 0 Å². The summed E-state index contributed by atoms with van der Waals surface area (Å²) < 4.78 is 0. The number of rotatable bonds is 3. The van der Waals surface area contributed by atoms with Gasteiger partial charge in [0, 0.05) is 24.3 Å². The highest BCUT2D eigenvalue weighted by Crippen LogP contribution is 2.27. The molecule has 3 aromatic rings. The second-order valence-corrected chi connectivity index (χ2v) is 6.92. The molecule has 1 fully saturated rings. The van der Waals surface area contributed by atoms with Crippen LogP contribution in [0.1, 0.15) is 12.8 Å². The van der Waals surface area contributed by atoms with E-state index >= 15 is 0 Å². The lowest BCUT2D eigenvalue weighted by Gasteiger charge is -2.21. The number of fused-ring (bicyclic) bond motifs is 1. The first-order valence-electron chi connectivity index (χ1n) is 8.10. The summed E-state index contributed by atoms with van der Waals surface area (Å²) in [5, 5.41) is 8.35. The fraction of sp³-hybridized carbons (Fsp3) is 0.278. The molecule has 2 N–H and O–H groups in total. The molecule has 0 saturated carbocycles. The lowest BCUT2D eigenvalue weighted by molar-refractivity contribution is -0.120. The van der Waals surface area contributed by atoms with Gasteiger partial charge in [-0.2, -0.15) is 0 Å². The average molecular weight is 338 g/mol. The van der Waals surface area contributed by atoms with Crippen LogP contribution in [0.5, 0.6) is 0 Å². The van der Waals surface area contributed by atoms with E-state index in [-0.39, 0.29) is 11.8 Å². The molecular formula is C18H18N4OS. The van der Waals surface area contributed by atoms with Crippen molar-refractivity contribution >= 4 is 33.8 Å². The highest BCUT2D eigenvalue weighted by atomic mass is 32.1. The van der Waals surface area contributed by atoms with Crippen molar-refractivity contribution in [1.82, 2.24) is 15.3 Å². The number of nitrogens with zero attached hydrogens (tertiary/aromatic N) is 2. The number of hydrogen-bond donors (Lipinski definition) is 2. The summed E-state index contributed by atoms with van der Waals surface area (Å²) >= 11 is 1.61. The van der Waals surface area contributed by atoms with Crippen LogP contribution in [-0.2, 0) is 4.79 Å². The lowest BCUT2D eigenvalue weighted by Crippen LogP contribution is -2.37. The Bertz CT molecular complexity index is 857. The van der Waals surface area contributed by atoms with Gasteiger partial charge in [0.1, 0.15) is 5.82 Å². The summed E-state index contributed by atoms with van der Waals surface area (Å²) in [5.41, 5.74) is 2.96. The van der Waals surface area contributed by atoms with E-state index < -0.39 is 0 Å². The van der Waals surface area contributed by atoms with Crippen molar-refractivity contribution in [2.75, 3.05) is 18.4 Å². The number of thiazole rings is 1. The Hall–Kier alpha value is -2.31. The summed E-state index contributed by atoms with van der Waals surface area (Å²) in [7, 11) is 0. The molecule has 1 saturated heterocycles. The number of anilines is 1. The molecule has 1 atom stereocenters. The summed E-state index contributed by atoms with van der Waals surface area (Å²) in [4.78, 5) is 22.0. The van der Waals surface area contributed by atoms with Crippen molar-refractivity contribution in [3.8, 4) is 10.4 Å². The highest BCUT2D eigenvalue weighted by molar-refractivity contribution is 7.13. The third-order valence-electron chi connectivity index (χ3n) is 4.36. The van der Waals surface area contributed by atoms with Crippen LogP contribution in [0.2, 0.25) is 0 Å². The molecule has 1 aliphatic rings. The van der Waals surface area contributed by atoms with Crippen molar-refractivity contribution in [2.45, 2.75) is 12.8 Å². The first-order valence-corrected chi connectivity index (χ1v) is 8.98.